The third-order valence-electron chi connectivity index (χ3n) is 6.41. The molecule has 3 nitrogen and oxygen atoms in total. The van der Waals surface area contributed by atoms with Crippen LogP contribution in [0.1, 0.15) is 54.9 Å². The van der Waals surface area contributed by atoms with E-state index in [0.717, 1.165) is 12.7 Å². The Morgan fingerprint density at radius 3 is 1.76 bits per heavy atom. The van der Waals surface area contributed by atoms with Crippen LogP contribution in [-0.2, 0) is 13.6 Å². The van der Waals surface area contributed by atoms with Crippen molar-refractivity contribution in [2.45, 2.75) is 103 Å². The first-order valence-corrected chi connectivity index (χ1v) is 16.6. The van der Waals surface area contributed by atoms with Crippen molar-refractivity contribution in [3.05, 3.63) is 37.0 Å². The van der Waals surface area contributed by atoms with Gasteiger partial charge in [-0.3, -0.25) is 4.79 Å². The average Bonchev–Trinajstić information content (AvgIpc) is 2.53. The lowest BCUT2D eigenvalue weighted by molar-refractivity contribution is -0.104. The van der Waals surface area contributed by atoms with Gasteiger partial charge < -0.3 is 8.85 Å². The molecule has 0 aromatic carbocycles. The molecule has 0 spiro atoms. The number of rotatable bonds is 11. The van der Waals surface area contributed by atoms with E-state index in [9.17, 15) is 4.79 Å². The van der Waals surface area contributed by atoms with E-state index in [-0.39, 0.29) is 28.2 Å². The smallest absolute Gasteiger partial charge is 0.192 e. The summed E-state index contributed by atoms with van der Waals surface area (Å²) in [6.07, 6.45) is 11.2. The van der Waals surface area contributed by atoms with E-state index >= 15 is 0 Å². The van der Waals surface area contributed by atoms with Crippen LogP contribution < -0.4 is 0 Å². The zero-order valence-electron chi connectivity index (χ0n) is 20.8. The molecule has 0 saturated carbocycles. The summed E-state index contributed by atoms with van der Waals surface area (Å²) in [5.41, 5.74) is 0. The van der Waals surface area contributed by atoms with Crippen LogP contribution in [0.25, 0.3) is 0 Å². The van der Waals surface area contributed by atoms with Gasteiger partial charge in [0.05, 0.1) is 12.2 Å². The normalized spacial score (nSPS) is 17.5. The Labute approximate surface area is 182 Å². The first kappa shape index (κ1) is 28.2. The highest BCUT2D eigenvalue weighted by atomic mass is 28.4. The van der Waals surface area contributed by atoms with Crippen molar-refractivity contribution in [1.82, 2.24) is 0 Å². The highest BCUT2D eigenvalue weighted by Gasteiger charge is 2.40. The highest BCUT2D eigenvalue weighted by molar-refractivity contribution is 6.74. The maximum Gasteiger partial charge on any atom is 0.192 e. The minimum Gasteiger partial charge on any atom is -0.410 e. The lowest BCUT2D eigenvalue weighted by atomic mass is 10.0. The number of aldehydes is 1. The van der Waals surface area contributed by atoms with Crippen LogP contribution in [0.15, 0.2) is 37.0 Å². The molecule has 0 unspecified atom stereocenters. The number of carbonyl (C=O) groups excluding carboxylic acids is 1. The molecule has 168 valence electrons. The summed E-state index contributed by atoms with van der Waals surface area (Å²) >= 11 is 0. The summed E-state index contributed by atoms with van der Waals surface area (Å²) in [5.74, 6) is 0.135. The Balaban J connectivity index is 5.54. The zero-order chi connectivity index (χ0) is 23.1. The van der Waals surface area contributed by atoms with Gasteiger partial charge in [0.15, 0.2) is 16.6 Å². The minimum absolute atomic E-state index is 0.0133. The molecule has 0 N–H and O–H groups in total. The Morgan fingerprint density at radius 2 is 1.34 bits per heavy atom. The van der Waals surface area contributed by atoms with E-state index in [1.54, 1.807) is 6.08 Å². The van der Waals surface area contributed by atoms with Gasteiger partial charge >= 0.3 is 0 Å². The molecule has 0 radical (unpaired) electrons. The maximum atomic E-state index is 10.9. The van der Waals surface area contributed by atoms with E-state index < -0.39 is 16.6 Å². The Hall–Kier alpha value is -0.756. The molecule has 0 aliphatic heterocycles. The number of hydrogen-bond donors (Lipinski definition) is 0. The molecule has 3 atom stereocenters. The lowest BCUT2D eigenvalue weighted by Gasteiger charge is -2.40. The molecular formula is C24H46O3Si2. The van der Waals surface area contributed by atoms with Gasteiger partial charge in [-0.15, -0.1) is 6.58 Å². The molecule has 0 aliphatic carbocycles. The first-order valence-electron chi connectivity index (χ1n) is 10.8. The Kier molecular flexibility index (Phi) is 10.7. The third-order valence-corrected chi connectivity index (χ3v) is 15.4. The Morgan fingerprint density at radius 1 is 0.862 bits per heavy atom. The molecule has 29 heavy (non-hydrogen) atoms. The van der Waals surface area contributed by atoms with Gasteiger partial charge in [-0.05, 0) is 48.8 Å². The van der Waals surface area contributed by atoms with Crippen LogP contribution in [0.5, 0.6) is 0 Å². The van der Waals surface area contributed by atoms with Crippen molar-refractivity contribution in [3.8, 4) is 0 Å². The van der Waals surface area contributed by atoms with Crippen molar-refractivity contribution in [1.29, 1.82) is 0 Å². The van der Waals surface area contributed by atoms with E-state index in [0.29, 0.717) is 0 Å². The fourth-order valence-electron chi connectivity index (χ4n) is 2.29. The molecule has 0 bridgehead atoms. The molecule has 0 saturated heterocycles. The van der Waals surface area contributed by atoms with Gasteiger partial charge in [0, 0.05) is 5.92 Å². The molecule has 0 aliphatic rings. The summed E-state index contributed by atoms with van der Waals surface area (Å²) in [5, 5.41) is 0.271. The van der Waals surface area contributed by atoms with Crippen LogP contribution >= 0.6 is 0 Å². The molecule has 0 rings (SSSR count). The predicted octanol–water partition coefficient (Wildman–Crippen LogP) is 7.29. The topological polar surface area (TPSA) is 35.5 Å². The van der Waals surface area contributed by atoms with Gasteiger partial charge in [-0.1, -0.05) is 72.8 Å². The number of carbonyl (C=O) groups is 1. The van der Waals surface area contributed by atoms with Crippen molar-refractivity contribution >= 4 is 22.9 Å². The van der Waals surface area contributed by atoms with Crippen LogP contribution in [0, 0.1) is 5.92 Å². The van der Waals surface area contributed by atoms with Crippen molar-refractivity contribution < 1.29 is 13.6 Å². The Bertz CT molecular complexity index is 578. The van der Waals surface area contributed by atoms with Crippen LogP contribution in [-0.4, -0.2) is 35.1 Å². The van der Waals surface area contributed by atoms with Gasteiger partial charge in [-0.25, -0.2) is 0 Å². The van der Waals surface area contributed by atoms with E-state index in [1.165, 1.54) is 0 Å². The quantitative estimate of drug-likeness (QED) is 0.147. The summed E-state index contributed by atoms with van der Waals surface area (Å²) < 4.78 is 13.2. The van der Waals surface area contributed by atoms with Gasteiger partial charge in [-0.2, -0.15) is 0 Å². The molecule has 0 aromatic heterocycles. The second-order valence-corrected chi connectivity index (χ2v) is 20.6. The largest absolute Gasteiger partial charge is 0.410 e. The second-order valence-electron chi connectivity index (χ2n) is 11.0. The SMILES string of the molecule is C=CC[C@H](C=C[C@H](C)[C@@H](/C=C/C=O)O[Si](C)(C)C(C)(C)C)O[Si](C)(C)C(C)(C)C. The number of allylic oxidation sites excluding steroid dienone is 1. The number of hydrogen-bond acceptors (Lipinski definition) is 3. The van der Waals surface area contributed by atoms with Crippen molar-refractivity contribution in [2.24, 2.45) is 5.92 Å². The van der Waals surface area contributed by atoms with Gasteiger partial charge in [0.1, 0.15) is 6.29 Å². The zero-order valence-corrected chi connectivity index (χ0v) is 22.8. The van der Waals surface area contributed by atoms with Gasteiger partial charge in [0.25, 0.3) is 0 Å². The molecule has 0 aromatic rings. The second kappa shape index (κ2) is 11.0. The summed E-state index contributed by atoms with van der Waals surface area (Å²) in [6.45, 7) is 28.5. The maximum absolute atomic E-state index is 10.9. The van der Waals surface area contributed by atoms with Crippen molar-refractivity contribution in [2.75, 3.05) is 0 Å². The highest BCUT2D eigenvalue weighted by Crippen LogP contribution is 2.39. The molecule has 0 heterocycles. The average molecular weight is 439 g/mol. The summed E-state index contributed by atoms with van der Waals surface area (Å²) in [7, 11) is -3.83. The monoisotopic (exact) mass is 438 g/mol. The van der Waals surface area contributed by atoms with E-state index in [1.807, 2.05) is 12.2 Å². The summed E-state index contributed by atoms with van der Waals surface area (Å²) in [6, 6.07) is 0. The standard InChI is InChI=1S/C24H46O3Si2/c1-13-15-21(26-28(9,10)23(3,4)5)18-17-20(2)22(16-14-19-25)27-29(11,12)24(6,7)8/h13-14,16-22H,1,15H2,2-12H3/b16-14+,18-17?/t20-,21+,22+/m0/s1. The first-order chi connectivity index (χ1) is 13.0. The fraction of sp³-hybridized carbons (Fsp3) is 0.708. The molecular weight excluding hydrogens is 392 g/mol. The van der Waals surface area contributed by atoms with Crippen molar-refractivity contribution in [3.63, 3.8) is 0 Å². The third kappa shape index (κ3) is 9.28. The lowest BCUT2D eigenvalue weighted by Crippen LogP contribution is -2.45. The summed E-state index contributed by atoms with van der Waals surface area (Å²) in [4.78, 5) is 10.9. The van der Waals surface area contributed by atoms with Crippen LogP contribution in [0.2, 0.25) is 36.3 Å². The molecule has 0 fully saturated rings. The molecule has 0 amide bonds. The van der Waals surface area contributed by atoms with Crippen LogP contribution in [0.4, 0.5) is 0 Å². The van der Waals surface area contributed by atoms with E-state index in [2.05, 4.69) is 93.4 Å². The molecule has 5 heteroatoms. The van der Waals surface area contributed by atoms with Gasteiger partial charge in [0.2, 0.25) is 0 Å². The minimum atomic E-state index is -1.96. The van der Waals surface area contributed by atoms with E-state index in [4.69, 9.17) is 8.85 Å². The van der Waals surface area contributed by atoms with Crippen LogP contribution in [0.3, 0.4) is 0 Å². The predicted molar refractivity (Wildman–Crippen MR) is 132 cm³/mol. The fourth-order valence-corrected chi connectivity index (χ4v) is 4.90.